The molecule has 0 fully saturated rings. The Morgan fingerprint density at radius 2 is 1.46 bits per heavy atom. The molecule has 0 saturated heterocycles. The van der Waals surface area contributed by atoms with Gasteiger partial charge in [-0.05, 0) is 56.5 Å². The van der Waals surface area contributed by atoms with Gasteiger partial charge in [0.15, 0.2) is 0 Å². The minimum absolute atomic E-state index is 0.0769. The molecule has 0 bridgehead atoms. The third-order valence-electron chi connectivity index (χ3n) is 5.71. The summed E-state index contributed by atoms with van der Waals surface area (Å²) in [5.41, 5.74) is 16.5. The normalized spacial score (nSPS) is 14.8. The van der Waals surface area contributed by atoms with Crippen LogP contribution in [0.2, 0.25) is 0 Å². The molecule has 1 aliphatic rings. The van der Waals surface area contributed by atoms with Crippen LogP contribution in [0.1, 0.15) is 51.3 Å². The topological polar surface area (TPSA) is 26.0 Å². The maximum absolute atomic E-state index is 6.16. The number of fused-ring (bicyclic) bond motifs is 3. The van der Waals surface area contributed by atoms with Gasteiger partial charge in [0.1, 0.15) is 0 Å². The molecule has 3 aromatic rings. The first-order chi connectivity index (χ1) is 12.2. The number of anilines is 1. The number of benzene rings is 3. The summed E-state index contributed by atoms with van der Waals surface area (Å²) in [5.74, 6) is 0. The first kappa shape index (κ1) is 16.9. The fourth-order valence-electron chi connectivity index (χ4n) is 4.45. The quantitative estimate of drug-likeness (QED) is 0.500. The second-order valence-electron chi connectivity index (χ2n) is 8.96. The maximum Gasteiger partial charge on any atom is 0.0317 e. The lowest BCUT2D eigenvalue weighted by Crippen LogP contribution is -2.18. The van der Waals surface area contributed by atoms with E-state index in [1.54, 1.807) is 0 Å². The van der Waals surface area contributed by atoms with Crippen molar-refractivity contribution in [2.45, 2.75) is 45.4 Å². The number of hydrogen-bond donors (Lipinski definition) is 1. The number of rotatable bonds is 1. The zero-order valence-electron chi connectivity index (χ0n) is 16.4. The molecular formula is C25H27N. The molecule has 4 rings (SSSR count). The molecule has 0 aliphatic heterocycles. The van der Waals surface area contributed by atoms with Gasteiger partial charge < -0.3 is 5.73 Å². The fraction of sp³-hybridized carbons (Fsp3) is 0.280. The van der Waals surface area contributed by atoms with E-state index in [0.29, 0.717) is 0 Å². The van der Waals surface area contributed by atoms with Crippen LogP contribution in [0.25, 0.3) is 22.3 Å². The highest BCUT2D eigenvalue weighted by Crippen LogP contribution is 2.55. The van der Waals surface area contributed by atoms with Crippen LogP contribution in [0, 0.1) is 0 Å². The first-order valence-electron chi connectivity index (χ1n) is 9.35. The molecule has 0 aromatic heterocycles. The summed E-state index contributed by atoms with van der Waals surface area (Å²) in [4.78, 5) is 0. The number of nitrogen functional groups attached to an aromatic ring is 1. The second-order valence-corrected chi connectivity index (χ2v) is 8.96. The smallest absolute Gasteiger partial charge is 0.0317 e. The van der Waals surface area contributed by atoms with Crippen molar-refractivity contribution in [2.24, 2.45) is 0 Å². The molecule has 0 unspecified atom stereocenters. The van der Waals surface area contributed by atoms with Crippen LogP contribution in [0.3, 0.4) is 0 Å². The van der Waals surface area contributed by atoms with Crippen LogP contribution >= 0.6 is 0 Å². The fourth-order valence-corrected chi connectivity index (χ4v) is 4.45. The molecule has 0 spiro atoms. The van der Waals surface area contributed by atoms with Crippen molar-refractivity contribution in [1.82, 2.24) is 0 Å². The van der Waals surface area contributed by atoms with E-state index in [2.05, 4.69) is 89.2 Å². The molecule has 1 aliphatic carbocycles. The van der Waals surface area contributed by atoms with E-state index in [0.717, 1.165) is 5.69 Å². The minimum atomic E-state index is -0.0769. The highest BCUT2D eigenvalue weighted by molar-refractivity contribution is 5.91. The summed E-state index contributed by atoms with van der Waals surface area (Å²) >= 11 is 0. The van der Waals surface area contributed by atoms with Gasteiger partial charge in [0, 0.05) is 11.1 Å². The Morgan fingerprint density at radius 1 is 0.808 bits per heavy atom. The van der Waals surface area contributed by atoms with Gasteiger partial charge in [0.2, 0.25) is 0 Å². The van der Waals surface area contributed by atoms with Gasteiger partial charge in [0.05, 0.1) is 0 Å². The monoisotopic (exact) mass is 341 g/mol. The van der Waals surface area contributed by atoms with Gasteiger partial charge in [-0.15, -0.1) is 0 Å². The zero-order chi connectivity index (χ0) is 18.7. The summed E-state index contributed by atoms with van der Waals surface area (Å²) in [5, 5.41) is 0. The van der Waals surface area contributed by atoms with Crippen molar-refractivity contribution in [1.29, 1.82) is 0 Å². The largest absolute Gasteiger partial charge is 0.399 e. The molecule has 26 heavy (non-hydrogen) atoms. The van der Waals surface area contributed by atoms with E-state index in [1.807, 2.05) is 6.07 Å². The molecule has 0 heterocycles. The Balaban J connectivity index is 2.13. The van der Waals surface area contributed by atoms with Crippen molar-refractivity contribution in [3.63, 3.8) is 0 Å². The lowest BCUT2D eigenvalue weighted by molar-refractivity contribution is 0.589. The van der Waals surface area contributed by atoms with E-state index >= 15 is 0 Å². The summed E-state index contributed by atoms with van der Waals surface area (Å²) in [6.07, 6.45) is 0. The molecule has 1 nitrogen and oxygen atoms in total. The first-order valence-corrected chi connectivity index (χ1v) is 9.35. The van der Waals surface area contributed by atoms with Gasteiger partial charge in [0.25, 0.3) is 0 Å². The molecule has 132 valence electrons. The molecule has 0 amide bonds. The highest BCUT2D eigenvalue weighted by Gasteiger charge is 2.40. The Labute approximate surface area is 156 Å². The number of nitrogens with two attached hydrogens (primary N) is 1. The van der Waals surface area contributed by atoms with Crippen LogP contribution in [-0.2, 0) is 10.8 Å². The molecule has 2 N–H and O–H groups in total. The molecule has 0 saturated carbocycles. The lowest BCUT2D eigenvalue weighted by Gasteiger charge is -2.28. The Morgan fingerprint density at radius 3 is 2.12 bits per heavy atom. The van der Waals surface area contributed by atoms with Crippen molar-refractivity contribution >= 4 is 5.69 Å². The third-order valence-corrected chi connectivity index (χ3v) is 5.71. The Hall–Kier alpha value is -2.54. The van der Waals surface area contributed by atoms with Gasteiger partial charge >= 0.3 is 0 Å². The van der Waals surface area contributed by atoms with Crippen LogP contribution in [0.5, 0.6) is 0 Å². The average Bonchev–Trinajstić information content (AvgIpc) is 2.82. The molecule has 3 aromatic carbocycles. The van der Waals surface area contributed by atoms with Crippen LogP contribution in [0.4, 0.5) is 5.69 Å². The summed E-state index contributed by atoms with van der Waals surface area (Å²) < 4.78 is 0. The maximum atomic E-state index is 6.16. The predicted molar refractivity (Wildman–Crippen MR) is 113 cm³/mol. The van der Waals surface area contributed by atoms with E-state index in [1.165, 1.54) is 38.9 Å². The van der Waals surface area contributed by atoms with Gasteiger partial charge in [-0.1, -0.05) is 83.1 Å². The SMILES string of the molecule is CC(C)(C)c1ccc(-c2ccccc2)c2c1-c1ccc(N)cc1C2(C)C. The lowest BCUT2D eigenvalue weighted by atomic mass is 9.75. The van der Waals surface area contributed by atoms with Gasteiger partial charge in [-0.25, -0.2) is 0 Å². The molecule has 1 heteroatoms. The molecular weight excluding hydrogens is 314 g/mol. The highest BCUT2D eigenvalue weighted by atomic mass is 14.6. The predicted octanol–water partition coefficient (Wildman–Crippen LogP) is 6.54. The average molecular weight is 341 g/mol. The van der Waals surface area contributed by atoms with Crippen molar-refractivity contribution in [2.75, 3.05) is 5.73 Å². The third kappa shape index (κ3) is 2.38. The van der Waals surface area contributed by atoms with E-state index in [9.17, 15) is 0 Å². The van der Waals surface area contributed by atoms with Crippen LogP contribution < -0.4 is 5.73 Å². The summed E-state index contributed by atoms with van der Waals surface area (Å²) in [7, 11) is 0. The van der Waals surface area contributed by atoms with Crippen molar-refractivity contribution in [3.8, 4) is 22.3 Å². The molecule has 0 atom stereocenters. The van der Waals surface area contributed by atoms with Gasteiger partial charge in [-0.3, -0.25) is 0 Å². The van der Waals surface area contributed by atoms with E-state index < -0.39 is 0 Å². The second kappa shape index (κ2) is 5.48. The number of hydrogen-bond acceptors (Lipinski definition) is 1. The minimum Gasteiger partial charge on any atom is -0.399 e. The Bertz CT molecular complexity index is 989. The van der Waals surface area contributed by atoms with E-state index in [-0.39, 0.29) is 10.8 Å². The van der Waals surface area contributed by atoms with Crippen molar-refractivity contribution < 1.29 is 0 Å². The molecule has 0 radical (unpaired) electrons. The van der Waals surface area contributed by atoms with Crippen LogP contribution in [0.15, 0.2) is 60.7 Å². The zero-order valence-corrected chi connectivity index (χ0v) is 16.4. The Kier molecular flexibility index (Phi) is 3.56. The standard InChI is InChI=1S/C25H27N/c1-24(2,3)20-14-13-18(16-9-7-6-8-10-16)23-22(20)19-12-11-17(26)15-21(19)25(23,4)5/h6-15H,26H2,1-5H3. The summed E-state index contributed by atoms with van der Waals surface area (Å²) in [6, 6.07) is 21.8. The van der Waals surface area contributed by atoms with Crippen molar-refractivity contribution in [3.05, 3.63) is 77.4 Å². The van der Waals surface area contributed by atoms with E-state index in [4.69, 9.17) is 5.73 Å². The van der Waals surface area contributed by atoms with Crippen LogP contribution in [-0.4, -0.2) is 0 Å². The van der Waals surface area contributed by atoms with Gasteiger partial charge in [-0.2, -0.15) is 0 Å². The summed E-state index contributed by atoms with van der Waals surface area (Å²) in [6.45, 7) is 11.6.